The Balaban J connectivity index is 1.33. The standard InChI is InChI=1S/C28H29F2N5O3S/c1-17(29)14-32-15-18-2-7-22(23(30)12-18)24-13-26(38-35-24)27-28(31)33-16-25(34-27)19-3-5-20(6-4-19)39(36)21-8-10-37-11-9-21/h2-7,12-13,16-17,21,32H,8-11,14-15H2,1H3,(H2,31,33). The van der Waals surface area contributed by atoms with Gasteiger partial charge < -0.3 is 20.3 Å². The van der Waals surface area contributed by atoms with Crippen LogP contribution in [0.3, 0.4) is 0 Å². The van der Waals surface area contributed by atoms with Gasteiger partial charge in [0.25, 0.3) is 0 Å². The van der Waals surface area contributed by atoms with Crippen molar-refractivity contribution >= 4 is 16.6 Å². The van der Waals surface area contributed by atoms with Gasteiger partial charge in [0.1, 0.15) is 17.7 Å². The molecule has 0 aliphatic carbocycles. The number of ether oxygens (including phenoxy) is 1. The minimum Gasteiger partial charge on any atom is -0.382 e. The van der Waals surface area contributed by atoms with Crippen LogP contribution in [0.5, 0.6) is 0 Å². The van der Waals surface area contributed by atoms with Crippen molar-refractivity contribution in [2.75, 3.05) is 25.5 Å². The Hall–Kier alpha value is -3.54. The number of alkyl halides is 1. The van der Waals surface area contributed by atoms with E-state index in [-0.39, 0.29) is 40.3 Å². The van der Waals surface area contributed by atoms with E-state index in [1.165, 1.54) is 13.0 Å². The van der Waals surface area contributed by atoms with Gasteiger partial charge >= 0.3 is 0 Å². The molecule has 1 aliphatic rings. The number of nitrogens with one attached hydrogen (secondary N) is 1. The zero-order chi connectivity index (χ0) is 27.4. The number of aromatic nitrogens is 3. The van der Waals surface area contributed by atoms with Crippen LogP contribution in [0.15, 0.2) is 64.1 Å². The second-order valence-electron chi connectivity index (χ2n) is 9.42. The lowest BCUT2D eigenvalue weighted by Gasteiger charge is -2.21. The van der Waals surface area contributed by atoms with Gasteiger partial charge in [-0.2, -0.15) is 0 Å². The summed E-state index contributed by atoms with van der Waals surface area (Å²) in [5.41, 5.74) is 8.91. The number of hydrogen-bond donors (Lipinski definition) is 2. The molecule has 11 heteroatoms. The Labute approximate surface area is 227 Å². The highest BCUT2D eigenvalue weighted by Crippen LogP contribution is 2.31. The third-order valence-electron chi connectivity index (χ3n) is 6.46. The maximum absolute atomic E-state index is 14.8. The molecule has 0 saturated carbocycles. The van der Waals surface area contributed by atoms with Crippen molar-refractivity contribution in [1.82, 2.24) is 20.4 Å². The Morgan fingerprint density at radius 1 is 1.13 bits per heavy atom. The lowest BCUT2D eigenvalue weighted by atomic mass is 10.1. The molecule has 1 saturated heterocycles. The van der Waals surface area contributed by atoms with E-state index in [1.54, 1.807) is 24.4 Å². The third kappa shape index (κ3) is 6.38. The second-order valence-corrected chi connectivity index (χ2v) is 11.2. The van der Waals surface area contributed by atoms with Gasteiger partial charge in [-0.05, 0) is 49.6 Å². The molecule has 8 nitrogen and oxygen atoms in total. The molecule has 2 aromatic heterocycles. The van der Waals surface area contributed by atoms with E-state index in [1.807, 2.05) is 24.3 Å². The van der Waals surface area contributed by atoms with Gasteiger partial charge in [-0.25, -0.2) is 18.7 Å². The maximum atomic E-state index is 14.8. The summed E-state index contributed by atoms with van der Waals surface area (Å²) in [7, 11) is -1.10. The number of halogens is 2. The summed E-state index contributed by atoms with van der Waals surface area (Å²) in [6.07, 6.45) is 2.14. The first-order valence-corrected chi connectivity index (χ1v) is 13.9. The number of nitrogens with two attached hydrogens (primary N) is 1. The fourth-order valence-electron chi connectivity index (χ4n) is 4.37. The van der Waals surface area contributed by atoms with Crippen LogP contribution in [-0.4, -0.2) is 50.5 Å². The van der Waals surface area contributed by atoms with Gasteiger partial charge in [-0.1, -0.05) is 23.4 Å². The summed E-state index contributed by atoms with van der Waals surface area (Å²) >= 11 is 0. The van der Waals surface area contributed by atoms with Gasteiger partial charge in [0.05, 0.1) is 22.7 Å². The average molecular weight is 554 g/mol. The topological polar surface area (TPSA) is 116 Å². The third-order valence-corrected chi connectivity index (χ3v) is 8.28. The minimum absolute atomic E-state index is 0.0936. The predicted molar refractivity (Wildman–Crippen MR) is 145 cm³/mol. The molecule has 3 N–H and O–H groups in total. The SMILES string of the molecule is CC(F)CNCc1ccc(-c2cc(-c3nc(-c4ccc(S(=O)C5CCOCC5)cc4)cnc3N)on2)c(F)c1. The Morgan fingerprint density at radius 2 is 1.90 bits per heavy atom. The molecule has 4 aromatic rings. The van der Waals surface area contributed by atoms with Crippen molar-refractivity contribution < 1.29 is 22.2 Å². The minimum atomic E-state index is -1.10. The smallest absolute Gasteiger partial charge is 0.189 e. The summed E-state index contributed by atoms with van der Waals surface area (Å²) < 4.78 is 51.6. The average Bonchev–Trinajstić information content (AvgIpc) is 3.43. The molecule has 3 heterocycles. The van der Waals surface area contributed by atoms with Crippen LogP contribution >= 0.6 is 0 Å². The molecule has 0 spiro atoms. The maximum Gasteiger partial charge on any atom is 0.189 e. The fourth-order valence-corrected chi connectivity index (χ4v) is 5.78. The van der Waals surface area contributed by atoms with Crippen molar-refractivity contribution in [2.45, 2.75) is 42.6 Å². The number of benzene rings is 2. The summed E-state index contributed by atoms with van der Waals surface area (Å²) in [5, 5.41) is 7.04. The van der Waals surface area contributed by atoms with Gasteiger partial charge in [-0.15, -0.1) is 0 Å². The van der Waals surface area contributed by atoms with E-state index < -0.39 is 22.8 Å². The molecule has 2 atom stereocenters. The van der Waals surface area contributed by atoms with Gasteiger partial charge in [0, 0.05) is 53.6 Å². The molecule has 0 bridgehead atoms. The summed E-state index contributed by atoms with van der Waals surface area (Å²) in [4.78, 5) is 9.64. The summed E-state index contributed by atoms with van der Waals surface area (Å²) in [5.74, 6) is -0.0904. The van der Waals surface area contributed by atoms with Crippen LogP contribution in [0.2, 0.25) is 0 Å². The van der Waals surface area contributed by atoms with Crippen molar-refractivity contribution in [1.29, 1.82) is 0 Å². The zero-order valence-corrected chi connectivity index (χ0v) is 22.2. The van der Waals surface area contributed by atoms with Crippen LogP contribution in [0.4, 0.5) is 14.6 Å². The van der Waals surface area contributed by atoms with Crippen LogP contribution in [0.1, 0.15) is 25.3 Å². The van der Waals surface area contributed by atoms with Crippen molar-refractivity contribution in [2.24, 2.45) is 0 Å². The van der Waals surface area contributed by atoms with Crippen molar-refractivity contribution in [3.05, 3.63) is 66.1 Å². The number of anilines is 1. The number of hydrogen-bond acceptors (Lipinski definition) is 8. The van der Waals surface area contributed by atoms with Gasteiger partial charge in [0.15, 0.2) is 17.3 Å². The molecule has 0 amide bonds. The summed E-state index contributed by atoms with van der Waals surface area (Å²) in [6, 6.07) is 13.7. The number of nitrogen functional groups attached to an aromatic ring is 1. The van der Waals surface area contributed by atoms with E-state index in [0.717, 1.165) is 23.3 Å². The first-order chi connectivity index (χ1) is 18.9. The Bertz CT molecular complexity index is 1460. The highest BCUT2D eigenvalue weighted by Gasteiger charge is 2.22. The molecule has 5 rings (SSSR count). The largest absolute Gasteiger partial charge is 0.382 e. The van der Waals surface area contributed by atoms with Crippen molar-refractivity contribution in [3.8, 4) is 34.0 Å². The highest BCUT2D eigenvalue weighted by molar-refractivity contribution is 7.85. The molecule has 2 aromatic carbocycles. The molecular formula is C28H29F2N5O3S. The molecule has 0 radical (unpaired) electrons. The molecule has 1 fully saturated rings. The van der Waals surface area contributed by atoms with Crippen molar-refractivity contribution in [3.63, 3.8) is 0 Å². The first-order valence-electron chi connectivity index (χ1n) is 12.7. The molecule has 1 aliphatic heterocycles. The molecule has 204 valence electrons. The fraction of sp³-hybridized carbons (Fsp3) is 0.321. The molecule has 2 unspecified atom stereocenters. The Kier molecular flexibility index (Phi) is 8.39. The van der Waals surface area contributed by atoms with Crippen LogP contribution in [0.25, 0.3) is 34.0 Å². The van der Waals surface area contributed by atoms with Crippen LogP contribution in [0, 0.1) is 5.82 Å². The van der Waals surface area contributed by atoms with Crippen LogP contribution < -0.4 is 11.1 Å². The molecule has 39 heavy (non-hydrogen) atoms. The number of nitrogens with zero attached hydrogens (tertiary/aromatic N) is 3. The number of rotatable bonds is 9. The zero-order valence-electron chi connectivity index (χ0n) is 21.4. The Morgan fingerprint density at radius 3 is 2.62 bits per heavy atom. The van der Waals surface area contributed by atoms with E-state index in [2.05, 4.69) is 20.4 Å². The normalized spacial score (nSPS) is 15.8. The lowest BCUT2D eigenvalue weighted by Crippen LogP contribution is -2.24. The lowest BCUT2D eigenvalue weighted by molar-refractivity contribution is 0.0992. The molecular weight excluding hydrogens is 524 g/mol. The van der Waals surface area contributed by atoms with E-state index >= 15 is 0 Å². The monoisotopic (exact) mass is 553 g/mol. The predicted octanol–water partition coefficient (Wildman–Crippen LogP) is 4.92. The van der Waals surface area contributed by atoms with Gasteiger partial charge in [0.2, 0.25) is 0 Å². The first kappa shape index (κ1) is 27.0. The second kappa shape index (κ2) is 12.1. The van der Waals surface area contributed by atoms with E-state index in [9.17, 15) is 13.0 Å². The quantitative estimate of drug-likeness (QED) is 0.300. The van der Waals surface area contributed by atoms with E-state index in [0.29, 0.717) is 31.0 Å². The highest BCUT2D eigenvalue weighted by atomic mass is 32.2. The summed E-state index contributed by atoms with van der Waals surface area (Å²) in [6.45, 7) is 3.27. The van der Waals surface area contributed by atoms with Gasteiger partial charge in [-0.3, -0.25) is 4.21 Å². The van der Waals surface area contributed by atoms with Crippen LogP contribution in [-0.2, 0) is 22.1 Å². The van der Waals surface area contributed by atoms with E-state index in [4.69, 9.17) is 15.0 Å².